The number of hydrogen-bond donors (Lipinski definition) is 2. The van der Waals surface area contributed by atoms with E-state index in [0.29, 0.717) is 12.1 Å². The summed E-state index contributed by atoms with van der Waals surface area (Å²) >= 11 is 3.37. The van der Waals surface area contributed by atoms with E-state index in [4.69, 9.17) is 15.3 Å². The molecule has 3 N–H and O–H groups in total. The topological polar surface area (TPSA) is 76.5 Å². The first kappa shape index (κ1) is 10.2. The van der Waals surface area contributed by atoms with Crippen molar-refractivity contribution in [2.24, 2.45) is 5.73 Å². The minimum Gasteiger partial charge on any atom is -0.475 e. The molecule has 0 aliphatic carbocycles. The van der Waals surface area contributed by atoms with Gasteiger partial charge in [0, 0.05) is 22.5 Å². The first-order valence-electron chi connectivity index (χ1n) is 4.27. The van der Waals surface area contributed by atoms with Crippen LogP contribution < -0.4 is 5.73 Å². The van der Waals surface area contributed by atoms with Crippen molar-refractivity contribution in [3.8, 4) is 0 Å². The highest BCUT2D eigenvalue weighted by Gasteiger charge is 2.13. The first-order chi connectivity index (χ1) is 7.13. The third-order valence-corrected chi connectivity index (χ3v) is 3.08. The molecule has 2 rings (SSSR count). The summed E-state index contributed by atoms with van der Waals surface area (Å²) in [6, 6.07) is 5.01. The molecule has 78 valence electrons. The van der Waals surface area contributed by atoms with Crippen LogP contribution in [-0.4, -0.2) is 11.1 Å². The van der Waals surface area contributed by atoms with Gasteiger partial charge in [-0.05, 0) is 27.6 Å². The van der Waals surface area contributed by atoms with Crippen LogP contribution in [0, 0.1) is 0 Å². The van der Waals surface area contributed by atoms with Gasteiger partial charge in [0.25, 0.3) is 0 Å². The largest absolute Gasteiger partial charge is 0.475 e. The molecule has 0 aliphatic heterocycles. The predicted octanol–water partition coefficient (Wildman–Crippen LogP) is 2.35. The Balaban J connectivity index is 2.71. The quantitative estimate of drug-likeness (QED) is 0.878. The second kappa shape index (κ2) is 3.67. The molecule has 2 aromatic rings. The molecular weight excluding hydrogens is 262 g/mol. The molecule has 1 aromatic heterocycles. The standard InChI is InChI=1S/C10H8BrNO3/c11-9-5(4-12)1-2-7-6(9)3-8(15-7)10(13)14/h1-3H,4,12H2,(H,13,14). The summed E-state index contributed by atoms with van der Waals surface area (Å²) in [5.41, 5.74) is 6.99. The molecule has 0 radical (unpaired) electrons. The molecule has 0 unspecified atom stereocenters. The zero-order valence-electron chi connectivity index (χ0n) is 7.66. The van der Waals surface area contributed by atoms with Gasteiger partial charge < -0.3 is 15.3 Å². The van der Waals surface area contributed by atoms with Crippen LogP contribution in [0.5, 0.6) is 0 Å². The fraction of sp³-hybridized carbons (Fsp3) is 0.100. The van der Waals surface area contributed by atoms with Crippen LogP contribution in [-0.2, 0) is 6.54 Å². The lowest BCUT2D eigenvalue weighted by Gasteiger charge is -2.00. The Kier molecular flexibility index (Phi) is 2.50. The van der Waals surface area contributed by atoms with Crippen molar-refractivity contribution in [2.45, 2.75) is 6.54 Å². The Morgan fingerprint density at radius 1 is 1.53 bits per heavy atom. The van der Waals surface area contributed by atoms with E-state index in [9.17, 15) is 4.79 Å². The third kappa shape index (κ3) is 1.64. The molecular formula is C10H8BrNO3. The number of halogens is 1. The molecule has 15 heavy (non-hydrogen) atoms. The number of furan rings is 1. The van der Waals surface area contributed by atoms with Crippen LogP contribution in [0.25, 0.3) is 11.0 Å². The lowest BCUT2D eigenvalue weighted by atomic mass is 10.1. The van der Waals surface area contributed by atoms with E-state index >= 15 is 0 Å². The number of carbonyl (C=O) groups is 1. The minimum atomic E-state index is -1.08. The number of hydrogen-bond acceptors (Lipinski definition) is 3. The van der Waals surface area contributed by atoms with E-state index in [0.717, 1.165) is 15.4 Å². The van der Waals surface area contributed by atoms with E-state index in [1.807, 2.05) is 6.07 Å². The van der Waals surface area contributed by atoms with Gasteiger partial charge in [-0.1, -0.05) is 6.07 Å². The maximum Gasteiger partial charge on any atom is 0.371 e. The highest BCUT2D eigenvalue weighted by Crippen LogP contribution is 2.30. The van der Waals surface area contributed by atoms with E-state index < -0.39 is 5.97 Å². The Hall–Kier alpha value is -1.33. The van der Waals surface area contributed by atoms with Crippen molar-refractivity contribution in [3.63, 3.8) is 0 Å². The lowest BCUT2D eigenvalue weighted by molar-refractivity contribution is 0.0665. The molecule has 0 saturated carbocycles. The summed E-state index contributed by atoms with van der Waals surface area (Å²) in [6.45, 7) is 0.393. The molecule has 0 fully saturated rings. The summed E-state index contributed by atoms with van der Waals surface area (Å²) in [7, 11) is 0. The van der Waals surface area contributed by atoms with Gasteiger partial charge in [-0.15, -0.1) is 0 Å². The van der Waals surface area contributed by atoms with Crippen LogP contribution >= 0.6 is 15.9 Å². The van der Waals surface area contributed by atoms with Crippen LogP contribution in [0.4, 0.5) is 0 Å². The summed E-state index contributed by atoms with van der Waals surface area (Å²) in [6.07, 6.45) is 0. The monoisotopic (exact) mass is 269 g/mol. The van der Waals surface area contributed by atoms with E-state index in [2.05, 4.69) is 15.9 Å². The number of carboxylic acid groups (broad SMARTS) is 1. The zero-order chi connectivity index (χ0) is 11.0. The van der Waals surface area contributed by atoms with Gasteiger partial charge in [0.15, 0.2) is 0 Å². The molecule has 0 amide bonds. The number of benzene rings is 1. The third-order valence-electron chi connectivity index (χ3n) is 2.15. The van der Waals surface area contributed by atoms with Gasteiger partial charge in [0.05, 0.1) is 0 Å². The summed E-state index contributed by atoms with van der Waals surface area (Å²) in [5, 5.41) is 9.50. The lowest BCUT2D eigenvalue weighted by Crippen LogP contribution is -1.96. The number of rotatable bonds is 2. The average Bonchev–Trinajstić information content (AvgIpc) is 2.63. The second-order valence-corrected chi connectivity index (χ2v) is 3.86. The number of carboxylic acids is 1. The van der Waals surface area contributed by atoms with Gasteiger partial charge in [0.2, 0.25) is 5.76 Å². The van der Waals surface area contributed by atoms with Crippen molar-refractivity contribution in [2.75, 3.05) is 0 Å². The number of nitrogens with two attached hydrogens (primary N) is 1. The molecule has 4 nitrogen and oxygen atoms in total. The van der Waals surface area contributed by atoms with Crippen LogP contribution in [0.3, 0.4) is 0 Å². The molecule has 0 spiro atoms. The number of aromatic carboxylic acids is 1. The maximum atomic E-state index is 10.7. The van der Waals surface area contributed by atoms with E-state index in [1.54, 1.807) is 6.07 Å². The van der Waals surface area contributed by atoms with Crippen LogP contribution in [0.15, 0.2) is 27.1 Å². The highest BCUT2D eigenvalue weighted by atomic mass is 79.9. The SMILES string of the molecule is NCc1ccc2oc(C(=O)O)cc2c1Br. The Morgan fingerprint density at radius 2 is 2.27 bits per heavy atom. The molecule has 1 heterocycles. The highest BCUT2D eigenvalue weighted by molar-refractivity contribution is 9.10. The van der Waals surface area contributed by atoms with E-state index in [-0.39, 0.29) is 5.76 Å². The van der Waals surface area contributed by atoms with Gasteiger partial charge in [-0.2, -0.15) is 0 Å². The summed E-state index contributed by atoms with van der Waals surface area (Å²) in [5.74, 6) is -1.15. The predicted molar refractivity (Wildman–Crippen MR) is 58.8 cm³/mol. The molecule has 0 aliphatic rings. The Bertz CT molecular complexity index is 533. The zero-order valence-corrected chi connectivity index (χ0v) is 9.24. The van der Waals surface area contributed by atoms with Crippen molar-refractivity contribution in [1.82, 2.24) is 0 Å². The fourth-order valence-corrected chi connectivity index (χ4v) is 1.99. The van der Waals surface area contributed by atoms with Gasteiger partial charge in [0.1, 0.15) is 5.58 Å². The summed E-state index contributed by atoms with van der Waals surface area (Å²) in [4.78, 5) is 10.7. The molecule has 0 atom stereocenters. The minimum absolute atomic E-state index is 0.0696. The van der Waals surface area contributed by atoms with Gasteiger partial charge >= 0.3 is 5.97 Å². The van der Waals surface area contributed by atoms with Crippen molar-refractivity contribution < 1.29 is 14.3 Å². The van der Waals surface area contributed by atoms with Crippen molar-refractivity contribution >= 4 is 32.9 Å². The molecule has 0 bridgehead atoms. The fourth-order valence-electron chi connectivity index (χ4n) is 1.39. The second-order valence-electron chi connectivity index (χ2n) is 3.07. The Labute approximate surface area is 93.8 Å². The smallest absolute Gasteiger partial charge is 0.371 e. The van der Waals surface area contributed by atoms with Crippen LogP contribution in [0.2, 0.25) is 0 Å². The molecule has 1 aromatic carbocycles. The van der Waals surface area contributed by atoms with Gasteiger partial charge in [-0.25, -0.2) is 4.79 Å². The molecule has 0 saturated heterocycles. The normalized spacial score (nSPS) is 10.8. The number of fused-ring (bicyclic) bond motifs is 1. The van der Waals surface area contributed by atoms with Gasteiger partial charge in [-0.3, -0.25) is 0 Å². The maximum absolute atomic E-state index is 10.7. The first-order valence-corrected chi connectivity index (χ1v) is 5.07. The van der Waals surface area contributed by atoms with E-state index in [1.165, 1.54) is 6.07 Å². The average molecular weight is 270 g/mol. The van der Waals surface area contributed by atoms with Crippen molar-refractivity contribution in [1.29, 1.82) is 0 Å². The molecule has 5 heteroatoms. The van der Waals surface area contributed by atoms with Crippen LogP contribution in [0.1, 0.15) is 16.1 Å². The Morgan fingerprint density at radius 3 is 2.87 bits per heavy atom. The van der Waals surface area contributed by atoms with Crippen molar-refractivity contribution in [3.05, 3.63) is 34.0 Å². The summed E-state index contributed by atoms with van der Waals surface area (Å²) < 4.78 is 5.93.